The third kappa shape index (κ3) is 4.25. The fourth-order valence-electron chi connectivity index (χ4n) is 4.26. The Kier molecular flexibility index (Phi) is 5.77. The average molecular weight is 459 g/mol. The molecule has 0 aliphatic carbocycles. The summed E-state index contributed by atoms with van der Waals surface area (Å²) in [5.74, 6) is 1.47. The number of piperazine rings is 1. The summed E-state index contributed by atoms with van der Waals surface area (Å²) in [6, 6.07) is 10.5. The standard InChI is InChI=1S/C25H30N8O/c1-16(2)33-15-22-23(30-33)24(29-25(28-22)32-11-9-31(10-12-32)18(4)34)27-17(3)20-13-19-7-5-6-8-21(19)26-14-20/h5-8,13-17H,9-12H2,1-4H3,(H,27,28,29)/t17-/m1/s1. The van der Waals surface area contributed by atoms with Crippen molar-refractivity contribution in [2.75, 3.05) is 36.4 Å². The molecule has 1 N–H and O–H groups in total. The van der Waals surface area contributed by atoms with E-state index in [1.165, 1.54) is 0 Å². The van der Waals surface area contributed by atoms with Crippen LogP contribution in [-0.2, 0) is 4.79 Å². The van der Waals surface area contributed by atoms with Crippen molar-refractivity contribution in [2.45, 2.75) is 39.8 Å². The van der Waals surface area contributed by atoms with Crippen LogP contribution in [0.1, 0.15) is 45.3 Å². The Morgan fingerprint density at radius 3 is 2.53 bits per heavy atom. The largest absolute Gasteiger partial charge is 0.361 e. The number of fused-ring (bicyclic) bond motifs is 2. The van der Waals surface area contributed by atoms with Gasteiger partial charge in [-0.2, -0.15) is 10.1 Å². The Morgan fingerprint density at radius 1 is 1.03 bits per heavy atom. The number of amides is 1. The van der Waals surface area contributed by atoms with Crippen molar-refractivity contribution in [2.24, 2.45) is 0 Å². The van der Waals surface area contributed by atoms with Gasteiger partial charge in [-0.3, -0.25) is 14.5 Å². The SMILES string of the molecule is CC(=O)N1CCN(c2nc(N[C@H](C)c3cnc4ccccc4c3)c3nn(C(C)C)cc3n2)CC1. The maximum atomic E-state index is 11.7. The van der Waals surface area contributed by atoms with Gasteiger partial charge in [-0.05, 0) is 38.5 Å². The highest BCUT2D eigenvalue weighted by molar-refractivity contribution is 5.86. The molecule has 1 atom stereocenters. The predicted octanol–water partition coefficient (Wildman–Crippen LogP) is 3.80. The second kappa shape index (κ2) is 8.89. The molecule has 176 valence electrons. The molecule has 0 saturated carbocycles. The number of benzene rings is 1. The fourth-order valence-corrected chi connectivity index (χ4v) is 4.26. The molecule has 1 saturated heterocycles. The van der Waals surface area contributed by atoms with Gasteiger partial charge in [0.2, 0.25) is 11.9 Å². The third-order valence-corrected chi connectivity index (χ3v) is 6.37. The first-order valence-corrected chi connectivity index (χ1v) is 11.8. The summed E-state index contributed by atoms with van der Waals surface area (Å²) in [6.07, 6.45) is 3.89. The van der Waals surface area contributed by atoms with Gasteiger partial charge in [0.1, 0.15) is 5.52 Å². The molecule has 0 unspecified atom stereocenters. The van der Waals surface area contributed by atoms with Crippen LogP contribution < -0.4 is 10.2 Å². The minimum absolute atomic E-state index is 0.0261. The number of carbonyl (C=O) groups is 1. The first-order chi connectivity index (χ1) is 16.4. The number of nitrogens with one attached hydrogen (secondary N) is 1. The van der Waals surface area contributed by atoms with Gasteiger partial charge in [0, 0.05) is 50.7 Å². The number of aromatic nitrogens is 5. The van der Waals surface area contributed by atoms with Gasteiger partial charge in [-0.25, -0.2) is 4.98 Å². The van der Waals surface area contributed by atoms with Crippen LogP contribution in [0.5, 0.6) is 0 Å². The Labute approximate surface area is 198 Å². The van der Waals surface area contributed by atoms with Gasteiger partial charge in [-0.1, -0.05) is 18.2 Å². The average Bonchev–Trinajstić information content (AvgIpc) is 3.29. The first kappa shape index (κ1) is 22.1. The van der Waals surface area contributed by atoms with Crippen LogP contribution in [0.3, 0.4) is 0 Å². The lowest BCUT2D eigenvalue weighted by atomic mass is 10.1. The number of carbonyl (C=O) groups excluding carboxylic acids is 1. The van der Waals surface area contributed by atoms with Crippen molar-refractivity contribution >= 4 is 39.6 Å². The van der Waals surface area contributed by atoms with E-state index in [2.05, 4.69) is 48.1 Å². The molecule has 1 aliphatic rings. The van der Waals surface area contributed by atoms with Crippen molar-refractivity contribution in [3.63, 3.8) is 0 Å². The van der Waals surface area contributed by atoms with Crippen LogP contribution in [0.15, 0.2) is 42.7 Å². The maximum absolute atomic E-state index is 11.7. The third-order valence-electron chi connectivity index (χ3n) is 6.37. The monoisotopic (exact) mass is 458 g/mol. The second-order valence-electron chi connectivity index (χ2n) is 9.13. The van der Waals surface area contributed by atoms with Crippen LogP contribution in [0, 0.1) is 0 Å². The number of hydrogen-bond acceptors (Lipinski definition) is 7. The minimum atomic E-state index is -0.0261. The Bertz CT molecular complexity index is 1340. The van der Waals surface area contributed by atoms with Crippen molar-refractivity contribution in [3.05, 3.63) is 48.3 Å². The zero-order valence-corrected chi connectivity index (χ0v) is 20.1. The van der Waals surface area contributed by atoms with Gasteiger partial charge in [0.05, 0.1) is 17.8 Å². The molecule has 1 aromatic carbocycles. The molecule has 5 rings (SSSR count). The van der Waals surface area contributed by atoms with E-state index in [0.29, 0.717) is 37.9 Å². The highest BCUT2D eigenvalue weighted by atomic mass is 16.2. The van der Waals surface area contributed by atoms with Crippen molar-refractivity contribution in [1.29, 1.82) is 0 Å². The van der Waals surface area contributed by atoms with E-state index in [4.69, 9.17) is 15.1 Å². The Balaban J connectivity index is 1.48. The molecule has 1 aliphatic heterocycles. The second-order valence-corrected chi connectivity index (χ2v) is 9.13. The topological polar surface area (TPSA) is 92.1 Å². The number of nitrogens with zero attached hydrogens (tertiary/aromatic N) is 7. The van der Waals surface area contributed by atoms with Crippen LogP contribution >= 0.6 is 0 Å². The van der Waals surface area contributed by atoms with Crippen molar-refractivity contribution < 1.29 is 4.79 Å². The summed E-state index contributed by atoms with van der Waals surface area (Å²) < 4.78 is 1.92. The van der Waals surface area contributed by atoms with Crippen LogP contribution in [0.2, 0.25) is 0 Å². The number of anilines is 2. The number of rotatable bonds is 5. The molecule has 3 aromatic heterocycles. The van der Waals surface area contributed by atoms with E-state index < -0.39 is 0 Å². The molecular weight excluding hydrogens is 428 g/mol. The van der Waals surface area contributed by atoms with Gasteiger partial charge in [-0.15, -0.1) is 0 Å². The van der Waals surface area contributed by atoms with Gasteiger partial charge in [0.25, 0.3) is 0 Å². The summed E-state index contributed by atoms with van der Waals surface area (Å²) in [5.41, 5.74) is 3.61. The predicted molar refractivity (Wildman–Crippen MR) is 134 cm³/mol. The number of para-hydroxylation sites is 1. The van der Waals surface area contributed by atoms with E-state index in [-0.39, 0.29) is 18.0 Å². The number of pyridine rings is 1. The molecule has 0 spiro atoms. The lowest BCUT2D eigenvalue weighted by Crippen LogP contribution is -2.48. The van der Waals surface area contributed by atoms with Gasteiger partial charge >= 0.3 is 0 Å². The van der Waals surface area contributed by atoms with E-state index in [9.17, 15) is 4.79 Å². The highest BCUT2D eigenvalue weighted by Crippen LogP contribution is 2.28. The van der Waals surface area contributed by atoms with Crippen LogP contribution in [0.25, 0.3) is 21.9 Å². The molecule has 4 aromatic rings. The molecule has 9 nitrogen and oxygen atoms in total. The normalized spacial score (nSPS) is 15.3. The summed E-state index contributed by atoms with van der Waals surface area (Å²) in [4.78, 5) is 30.1. The van der Waals surface area contributed by atoms with Gasteiger partial charge in [0.15, 0.2) is 11.3 Å². The summed E-state index contributed by atoms with van der Waals surface area (Å²) in [7, 11) is 0. The molecular formula is C25H30N8O. The molecule has 4 heterocycles. The van der Waals surface area contributed by atoms with E-state index in [0.717, 1.165) is 27.5 Å². The quantitative estimate of drug-likeness (QED) is 0.486. The molecule has 1 fully saturated rings. The lowest BCUT2D eigenvalue weighted by molar-refractivity contribution is -0.129. The summed E-state index contributed by atoms with van der Waals surface area (Å²) >= 11 is 0. The zero-order valence-electron chi connectivity index (χ0n) is 20.1. The van der Waals surface area contributed by atoms with Gasteiger partial charge < -0.3 is 15.1 Å². The first-order valence-electron chi connectivity index (χ1n) is 11.8. The molecule has 1 amide bonds. The molecule has 0 bridgehead atoms. The van der Waals surface area contributed by atoms with Crippen molar-refractivity contribution in [3.8, 4) is 0 Å². The van der Waals surface area contributed by atoms with E-state index in [1.807, 2.05) is 40.2 Å². The Hall–Kier alpha value is -3.75. The zero-order chi connectivity index (χ0) is 23.8. The molecule has 0 radical (unpaired) electrons. The number of hydrogen-bond donors (Lipinski definition) is 1. The molecule has 34 heavy (non-hydrogen) atoms. The van der Waals surface area contributed by atoms with Crippen LogP contribution in [-0.4, -0.2) is 61.7 Å². The van der Waals surface area contributed by atoms with Crippen LogP contribution in [0.4, 0.5) is 11.8 Å². The lowest BCUT2D eigenvalue weighted by Gasteiger charge is -2.34. The summed E-state index contributed by atoms with van der Waals surface area (Å²) in [6.45, 7) is 10.7. The van der Waals surface area contributed by atoms with E-state index >= 15 is 0 Å². The Morgan fingerprint density at radius 2 is 1.79 bits per heavy atom. The fraction of sp³-hybridized carbons (Fsp3) is 0.400. The molecule has 9 heteroatoms. The smallest absolute Gasteiger partial charge is 0.228 e. The van der Waals surface area contributed by atoms with E-state index in [1.54, 1.807) is 6.92 Å². The summed E-state index contributed by atoms with van der Waals surface area (Å²) in [5, 5.41) is 9.45. The van der Waals surface area contributed by atoms with Crippen molar-refractivity contribution in [1.82, 2.24) is 29.6 Å². The maximum Gasteiger partial charge on any atom is 0.228 e. The highest BCUT2D eigenvalue weighted by Gasteiger charge is 2.23. The minimum Gasteiger partial charge on any atom is -0.361 e.